The van der Waals surface area contributed by atoms with Crippen LogP contribution in [-0.4, -0.2) is 63.8 Å². The zero-order valence-electron chi connectivity index (χ0n) is 23.2. The minimum Gasteiger partial charge on any atom is -0.496 e. The number of esters is 1. The van der Waals surface area contributed by atoms with Gasteiger partial charge < -0.3 is 24.8 Å². The maximum absolute atomic E-state index is 13.2. The Bertz CT molecular complexity index is 1170. The molecule has 0 bridgehead atoms. The van der Waals surface area contributed by atoms with Crippen LogP contribution in [0.5, 0.6) is 11.8 Å². The number of anilines is 3. The molecule has 1 saturated carbocycles. The van der Waals surface area contributed by atoms with E-state index in [1.807, 2.05) is 18.2 Å². The molecule has 212 valence electrons. The lowest BCUT2D eigenvalue weighted by molar-refractivity contribution is -0.139. The summed E-state index contributed by atoms with van der Waals surface area (Å²) in [6.07, 6.45) is 6.66. The van der Waals surface area contributed by atoms with Gasteiger partial charge in [-0.25, -0.2) is 9.59 Å². The number of amides is 1. The monoisotopic (exact) mass is 558 g/mol. The summed E-state index contributed by atoms with van der Waals surface area (Å²) in [5.74, 6) is 1.21. The second kappa shape index (κ2) is 12.8. The predicted octanol–water partition coefficient (Wildman–Crippen LogP) is 4.42. The molecular weight excluding hydrogens is 519 g/mol. The van der Waals surface area contributed by atoms with Gasteiger partial charge in [0.2, 0.25) is 11.9 Å². The van der Waals surface area contributed by atoms with Crippen molar-refractivity contribution in [2.24, 2.45) is 5.92 Å². The van der Waals surface area contributed by atoms with Gasteiger partial charge in [0, 0.05) is 24.1 Å². The van der Waals surface area contributed by atoms with Crippen molar-refractivity contribution in [3.05, 3.63) is 18.2 Å². The molecule has 0 spiro atoms. The Morgan fingerprint density at radius 2 is 1.79 bits per heavy atom. The van der Waals surface area contributed by atoms with Gasteiger partial charge in [-0.3, -0.25) is 4.90 Å². The van der Waals surface area contributed by atoms with Gasteiger partial charge in [-0.1, -0.05) is 19.3 Å². The second-order valence-electron chi connectivity index (χ2n) is 11.0. The van der Waals surface area contributed by atoms with Crippen molar-refractivity contribution in [1.29, 1.82) is 0 Å². The van der Waals surface area contributed by atoms with Crippen LogP contribution in [0.2, 0.25) is 0 Å². The lowest BCUT2D eigenvalue weighted by Gasteiger charge is -2.27. The minimum absolute atomic E-state index is 0.140. The molecule has 1 aromatic heterocycles. The van der Waals surface area contributed by atoms with Crippen LogP contribution >= 0.6 is 9.24 Å². The highest BCUT2D eigenvalue weighted by Crippen LogP contribution is 2.26. The van der Waals surface area contributed by atoms with E-state index >= 15 is 0 Å². The second-order valence-corrected chi connectivity index (χ2v) is 11.6. The number of ether oxygens (including phenoxy) is 3. The highest BCUT2D eigenvalue weighted by atomic mass is 31.0. The van der Waals surface area contributed by atoms with Crippen molar-refractivity contribution in [3.8, 4) is 11.8 Å². The van der Waals surface area contributed by atoms with Gasteiger partial charge in [-0.15, -0.1) is 9.24 Å². The van der Waals surface area contributed by atoms with Crippen molar-refractivity contribution in [2.75, 3.05) is 30.8 Å². The summed E-state index contributed by atoms with van der Waals surface area (Å²) in [4.78, 5) is 40.5. The number of benzene rings is 1. The Hall–Kier alpha value is -3.20. The fourth-order valence-electron chi connectivity index (χ4n) is 4.81. The number of methoxy groups -OCH3 is 1. The van der Waals surface area contributed by atoms with E-state index in [0.717, 1.165) is 36.1 Å². The molecule has 39 heavy (non-hydrogen) atoms. The smallest absolute Gasteiger partial charge is 0.411 e. The van der Waals surface area contributed by atoms with E-state index in [1.54, 1.807) is 27.9 Å². The highest BCUT2D eigenvalue weighted by Gasteiger charge is 2.38. The maximum atomic E-state index is 13.2. The number of hydrogen-bond donors (Lipinski definition) is 2. The fourth-order valence-corrected chi connectivity index (χ4v) is 5.21. The van der Waals surface area contributed by atoms with E-state index < -0.39 is 23.7 Å². The molecule has 2 N–H and O–H groups in total. The summed E-state index contributed by atoms with van der Waals surface area (Å²) in [7, 11) is 4.24. The molecule has 1 saturated heterocycles. The first-order valence-corrected chi connectivity index (χ1v) is 14.1. The molecule has 1 aliphatic heterocycles. The highest BCUT2D eigenvalue weighted by molar-refractivity contribution is 7.27. The van der Waals surface area contributed by atoms with Crippen molar-refractivity contribution in [3.63, 3.8) is 0 Å². The number of likely N-dealkylation sites (tertiary alicyclic amines) is 1. The number of aromatic nitrogens is 3. The van der Waals surface area contributed by atoms with E-state index in [1.165, 1.54) is 24.2 Å². The summed E-state index contributed by atoms with van der Waals surface area (Å²) in [6.45, 7) is 6.52. The Morgan fingerprint density at radius 1 is 1.05 bits per heavy atom. The van der Waals surface area contributed by atoms with Gasteiger partial charge in [-0.05, 0) is 70.6 Å². The minimum atomic E-state index is -0.770. The molecule has 11 nitrogen and oxygen atoms in total. The van der Waals surface area contributed by atoms with Gasteiger partial charge >= 0.3 is 18.1 Å². The van der Waals surface area contributed by atoms with Crippen LogP contribution in [0.15, 0.2) is 18.2 Å². The van der Waals surface area contributed by atoms with Gasteiger partial charge in [0.05, 0.1) is 7.11 Å². The summed E-state index contributed by atoms with van der Waals surface area (Å²) in [6, 6.07) is 4.65. The van der Waals surface area contributed by atoms with Crippen LogP contribution in [0.1, 0.15) is 65.7 Å². The van der Waals surface area contributed by atoms with Crippen molar-refractivity contribution in [2.45, 2.75) is 77.4 Å². The molecular formula is C27H39N6O5P. The lowest BCUT2D eigenvalue weighted by Crippen LogP contribution is -2.45. The largest absolute Gasteiger partial charge is 0.496 e. The first-order chi connectivity index (χ1) is 18.6. The summed E-state index contributed by atoms with van der Waals surface area (Å²) >= 11 is 0. The quantitative estimate of drug-likeness (QED) is 0.355. The molecule has 2 aromatic rings. The molecule has 1 aliphatic carbocycles. The number of nitrogens with zero attached hydrogens (tertiary/aromatic N) is 4. The number of rotatable bonds is 8. The van der Waals surface area contributed by atoms with Crippen LogP contribution < -0.4 is 25.4 Å². The van der Waals surface area contributed by atoms with Gasteiger partial charge in [0.25, 0.3) is 0 Å². The third-order valence-electron chi connectivity index (χ3n) is 6.72. The SMILES string of the molecule is COc1ccc(Nc2nc(NCC3CCCCC3)nc(OC(=O)C3CCCN3C(=O)OC(C)(C)C)n2)cc1P. The standard InChI is InChI=1S/C27H39N6O5P/c1-27(2,3)38-26(35)33-14-8-11-19(33)22(34)37-25-31-23(28-16-17-9-6-5-7-10-17)30-24(32-25)29-18-12-13-20(36-4)21(39)15-18/h12-13,15,17,19H,5-11,14,16,39H2,1-4H3,(H2,28,29,30,31,32). The van der Waals surface area contributed by atoms with E-state index in [-0.39, 0.29) is 12.0 Å². The van der Waals surface area contributed by atoms with Crippen LogP contribution in [0.4, 0.5) is 22.4 Å². The molecule has 0 radical (unpaired) electrons. The van der Waals surface area contributed by atoms with E-state index in [4.69, 9.17) is 14.2 Å². The molecule has 2 aliphatic rings. The average molecular weight is 559 g/mol. The van der Waals surface area contributed by atoms with E-state index in [0.29, 0.717) is 31.3 Å². The Kier molecular flexibility index (Phi) is 9.43. The van der Waals surface area contributed by atoms with E-state index in [9.17, 15) is 9.59 Å². The topological polar surface area (TPSA) is 128 Å². The van der Waals surface area contributed by atoms with Crippen molar-refractivity contribution in [1.82, 2.24) is 19.9 Å². The van der Waals surface area contributed by atoms with Crippen LogP contribution in [-0.2, 0) is 9.53 Å². The first-order valence-electron chi connectivity index (χ1n) is 13.5. The van der Waals surface area contributed by atoms with Crippen molar-refractivity contribution < 1.29 is 23.8 Å². The predicted molar refractivity (Wildman–Crippen MR) is 152 cm³/mol. The van der Waals surface area contributed by atoms with E-state index in [2.05, 4.69) is 34.8 Å². The Labute approximate surface area is 232 Å². The number of carbonyl (C=O) groups excluding carboxylic acids is 2. The zero-order chi connectivity index (χ0) is 28.0. The van der Waals surface area contributed by atoms with Gasteiger partial charge in [0.15, 0.2) is 0 Å². The third kappa shape index (κ3) is 8.14. The summed E-state index contributed by atoms with van der Waals surface area (Å²) < 4.78 is 16.4. The molecule has 4 rings (SSSR count). The maximum Gasteiger partial charge on any atom is 0.411 e. The zero-order valence-corrected chi connectivity index (χ0v) is 24.3. The molecule has 2 fully saturated rings. The number of hydrogen-bond acceptors (Lipinski definition) is 10. The van der Waals surface area contributed by atoms with Crippen LogP contribution in [0, 0.1) is 5.92 Å². The first kappa shape index (κ1) is 28.8. The van der Waals surface area contributed by atoms with Crippen LogP contribution in [0.25, 0.3) is 0 Å². The summed E-state index contributed by atoms with van der Waals surface area (Å²) in [5.41, 5.74) is 0.0644. The summed E-state index contributed by atoms with van der Waals surface area (Å²) in [5, 5.41) is 7.33. The normalized spacial score (nSPS) is 18.0. The molecule has 12 heteroatoms. The molecule has 2 atom stereocenters. The fraction of sp³-hybridized carbons (Fsp3) is 0.593. The molecule has 1 amide bonds. The molecule has 1 aromatic carbocycles. The number of nitrogens with one attached hydrogen (secondary N) is 2. The van der Waals surface area contributed by atoms with Gasteiger partial charge in [0.1, 0.15) is 17.4 Å². The molecule has 2 unspecified atom stereocenters. The third-order valence-corrected chi connectivity index (χ3v) is 7.17. The molecule has 2 heterocycles. The number of carbonyl (C=O) groups is 2. The van der Waals surface area contributed by atoms with Crippen LogP contribution in [0.3, 0.4) is 0 Å². The Morgan fingerprint density at radius 3 is 2.49 bits per heavy atom. The lowest BCUT2D eigenvalue weighted by atomic mass is 9.89. The van der Waals surface area contributed by atoms with Gasteiger partial charge in [-0.2, -0.15) is 15.0 Å². The average Bonchev–Trinajstić information content (AvgIpc) is 3.38. The van der Waals surface area contributed by atoms with Crippen molar-refractivity contribution >= 4 is 44.2 Å². The Balaban J connectivity index is 1.52.